The zero-order valence-corrected chi connectivity index (χ0v) is 12.6. The van der Waals surface area contributed by atoms with Crippen LogP contribution in [0.1, 0.15) is 47.5 Å². The van der Waals surface area contributed by atoms with Gasteiger partial charge in [-0.15, -0.1) is 0 Å². The van der Waals surface area contributed by atoms with Gasteiger partial charge in [-0.1, -0.05) is 13.8 Å². The van der Waals surface area contributed by atoms with Crippen molar-refractivity contribution in [2.75, 3.05) is 23.8 Å². The summed E-state index contributed by atoms with van der Waals surface area (Å²) >= 11 is 0. The maximum Gasteiger partial charge on any atom is 0.323 e. The van der Waals surface area contributed by atoms with Crippen LogP contribution >= 0.6 is 0 Å². The first-order valence-electron chi connectivity index (χ1n) is 6.91. The first-order valence-corrected chi connectivity index (χ1v) is 6.91. The van der Waals surface area contributed by atoms with E-state index < -0.39 is 0 Å². The average Bonchev–Trinajstić information content (AvgIpc) is 2.36. The molecule has 0 radical (unpaired) electrons. The molecule has 1 aromatic heterocycles. The summed E-state index contributed by atoms with van der Waals surface area (Å²) < 4.78 is 5.37. The topological polar surface area (TPSA) is 72.0 Å². The van der Waals surface area contributed by atoms with Crippen molar-refractivity contribution >= 4 is 11.9 Å². The SMILES string of the molecule is CCCNc1nc(NC(C)(C)CC)nc(OCC)n1. The van der Waals surface area contributed by atoms with Crippen molar-refractivity contribution < 1.29 is 4.74 Å². The Balaban J connectivity index is 2.91. The Bertz CT molecular complexity index is 395. The summed E-state index contributed by atoms with van der Waals surface area (Å²) in [5, 5.41) is 6.46. The highest BCUT2D eigenvalue weighted by molar-refractivity contribution is 5.37. The lowest BCUT2D eigenvalue weighted by Crippen LogP contribution is -2.31. The van der Waals surface area contributed by atoms with Crippen LogP contribution in [0.3, 0.4) is 0 Å². The molecule has 0 amide bonds. The molecule has 0 saturated heterocycles. The minimum atomic E-state index is -0.0626. The molecular weight excluding hydrogens is 242 g/mol. The average molecular weight is 267 g/mol. The van der Waals surface area contributed by atoms with Crippen LogP contribution in [0, 0.1) is 0 Å². The summed E-state index contributed by atoms with van der Waals surface area (Å²) in [7, 11) is 0. The molecule has 0 saturated carbocycles. The van der Waals surface area contributed by atoms with E-state index in [1.54, 1.807) is 0 Å². The predicted octanol–water partition coefficient (Wildman–Crippen LogP) is 2.69. The van der Waals surface area contributed by atoms with Crippen molar-refractivity contribution in [3.63, 3.8) is 0 Å². The molecule has 0 aliphatic heterocycles. The van der Waals surface area contributed by atoms with Gasteiger partial charge in [-0.2, -0.15) is 15.0 Å². The minimum Gasteiger partial charge on any atom is -0.464 e. The van der Waals surface area contributed by atoms with Crippen molar-refractivity contribution in [1.82, 2.24) is 15.0 Å². The molecule has 0 unspecified atom stereocenters. The lowest BCUT2D eigenvalue weighted by atomic mass is 10.0. The molecule has 19 heavy (non-hydrogen) atoms. The Hall–Kier alpha value is -1.59. The molecule has 1 rings (SSSR count). The van der Waals surface area contributed by atoms with Gasteiger partial charge in [0.1, 0.15) is 0 Å². The molecular formula is C13H25N5O. The molecule has 108 valence electrons. The third kappa shape index (κ3) is 5.28. The molecule has 0 bridgehead atoms. The van der Waals surface area contributed by atoms with Crippen LogP contribution in [0.5, 0.6) is 6.01 Å². The molecule has 0 aliphatic rings. The maximum absolute atomic E-state index is 5.37. The minimum absolute atomic E-state index is 0.0626. The number of aromatic nitrogens is 3. The van der Waals surface area contributed by atoms with Crippen molar-refractivity contribution in [3.05, 3.63) is 0 Å². The second-order valence-electron chi connectivity index (χ2n) is 4.99. The van der Waals surface area contributed by atoms with E-state index in [4.69, 9.17) is 4.74 Å². The van der Waals surface area contributed by atoms with E-state index in [-0.39, 0.29) is 5.54 Å². The highest BCUT2D eigenvalue weighted by Crippen LogP contribution is 2.17. The van der Waals surface area contributed by atoms with Gasteiger partial charge in [-0.05, 0) is 33.6 Å². The van der Waals surface area contributed by atoms with E-state index in [2.05, 4.69) is 53.3 Å². The molecule has 0 aromatic carbocycles. The van der Waals surface area contributed by atoms with Crippen molar-refractivity contribution in [2.45, 2.75) is 53.0 Å². The van der Waals surface area contributed by atoms with Crippen LogP contribution < -0.4 is 15.4 Å². The van der Waals surface area contributed by atoms with Crippen LogP contribution in [-0.4, -0.2) is 33.6 Å². The maximum atomic E-state index is 5.37. The number of hydrogen-bond acceptors (Lipinski definition) is 6. The predicted molar refractivity (Wildman–Crippen MR) is 77.8 cm³/mol. The Kier molecular flexibility index (Phi) is 5.79. The molecule has 2 N–H and O–H groups in total. The first kappa shape index (κ1) is 15.5. The number of anilines is 2. The van der Waals surface area contributed by atoms with Crippen LogP contribution in [0.4, 0.5) is 11.9 Å². The van der Waals surface area contributed by atoms with E-state index in [9.17, 15) is 0 Å². The standard InChI is InChI=1S/C13H25N5O/c1-6-9-14-10-15-11(18-13(4,5)7-2)17-12(16-10)19-8-3/h6-9H2,1-5H3,(H2,14,15,16,17,18). The number of ether oxygens (including phenoxy) is 1. The second kappa shape index (κ2) is 7.11. The fourth-order valence-corrected chi connectivity index (χ4v) is 1.31. The number of nitrogens with zero attached hydrogens (tertiary/aromatic N) is 3. The number of hydrogen-bond donors (Lipinski definition) is 2. The molecule has 0 aliphatic carbocycles. The molecule has 6 nitrogen and oxygen atoms in total. The van der Waals surface area contributed by atoms with Gasteiger partial charge in [-0.3, -0.25) is 0 Å². The van der Waals surface area contributed by atoms with Crippen LogP contribution in [0.25, 0.3) is 0 Å². The highest BCUT2D eigenvalue weighted by Gasteiger charge is 2.17. The molecule has 0 fully saturated rings. The molecule has 1 heterocycles. The Morgan fingerprint density at radius 1 is 1.05 bits per heavy atom. The van der Waals surface area contributed by atoms with Gasteiger partial charge < -0.3 is 15.4 Å². The van der Waals surface area contributed by atoms with Gasteiger partial charge >= 0.3 is 6.01 Å². The van der Waals surface area contributed by atoms with Crippen molar-refractivity contribution in [1.29, 1.82) is 0 Å². The van der Waals surface area contributed by atoms with E-state index in [1.165, 1.54) is 0 Å². The molecule has 6 heteroatoms. The van der Waals surface area contributed by atoms with Gasteiger partial charge in [0.2, 0.25) is 11.9 Å². The van der Waals surface area contributed by atoms with Gasteiger partial charge in [0.25, 0.3) is 0 Å². The molecule has 0 atom stereocenters. The Labute approximate surface area is 115 Å². The summed E-state index contributed by atoms with van der Waals surface area (Å²) in [6.07, 6.45) is 1.99. The van der Waals surface area contributed by atoms with Gasteiger partial charge in [0.05, 0.1) is 6.61 Å². The summed E-state index contributed by atoms with van der Waals surface area (Å²) in [5.41, 5.74) is -0.0626. The van der Waals surface area contributed by atoms with E-state index in [1.807, 2.05) is 6.92 Å². The van der Waals surface area contributed by atoms with E-state index in [0.29, 0.717) is 24.5 Å². The first-order chi connectivity index (χ1) is 9.00. The fourth-order valence-electron chi connectivity index (χ4n) is 1.31. The third-order valence-corrected chi connectivity index (χ3v) is 2.76. The highest BCUT2D eigenvalue weighted by atomic mass is 16.5. The van der Waals surface area contributed by atoms with Gasteiger partial charge in [0, 0.05) is 12.1 Å². The van der Waals surface area contributed by atoms with Gasteiger partial charge in [-0.25, -0.2) is 0 Å². The largest absolute Gasteiger partial charge is 0.464 e. The zero-order chi connectivity index (χ0) is 14.3. The van der Waals surface area contributed by atoms with Crippen LogP contribution in [0.2, 0.25) is 0 Å². The van der Waals surface area contributed by atoms with Crippen molar-refractivity contribution in [2.24, 2.45) is 0 Å². The third-order valence-electron chi connectivity index (χ3n) is 2.76. The number of rotatable bonds is 8. The monoisotopic (exact) mass is 267 g/mol. The molecule has 0 spiro atoms. The number of nitrogens with one attached hydrogen (secondary N) is 2. The Morgan fingerprint density at radius 2 is 1.74 bits per heavy atom. The smallest absolute Gasteiger partial charge is 0.323 e. The quantitative estimate of drug-likeness (QED) is 0.754. The van der Waals surface area contributed by atoms with Crippen LogP contribution in [-0.2, 0) is 0 Å². The summed E-state index contributed by atoms with van der Waals surface area (Å²) in [6.45, 7) is 11.7. The lowest BCUT2D eigenvalue weighted by molar-refractivity contribution is 0.312. The van der Waals surface area contributed by atoms with Gasteiger partial charge in [0.15, 0.2) is 0 Å². The van der Waals surface area contributed by atoms with E-state index in [0.717, 1.165) is 19.4 Å². The lowest BCUT2D eigenvalue weighted by Gasteiger charge is -2.24. The fraction of sp³-hybridized carbons (Fsp3) is 0.769. The summed E-state index contributed by atoms with van der Waals surface area (Å²) in [6, 6.07) is 0.352. The summed E-state index contributed by atoms with van der Waals surface area (Å²) in [5.74, 6) is 1.10. The summed E-state index contributed by atoms with van der Waals surface area (Å²) in [4.78, 5) is 12.9. The van der Waals surface area contributed by atoms with E-state index >= 15 is 0 Å². The Morgan fingerprint density at radius 3 is 2.32 bits per heavy atom. The second-order valence-corrected chi connectivity index (χ2v) is 4.99. The molecule has 1 aromatic rings. The zero-order valence-electron chi connectivity index (χ0n) is 12.6. The van der Waals surface area contributed by atoms with Crippen LogP contribution in [0.15, 0.2) is 0 Å². The van der Waals surface area contributed by atoms with Crippen molar-refractivity contribution in [3.8, 4) is 6.01 Å². The normalized spacial score (nSPS) is 11.2.